The van der Waals surface area contributed by atoms with Crippen molar-refractivity contribution in [2.75, 3.05) is 5.32 Å². The van der Waals surface area contributed by atoms with Crippen LogP contribution >= 0.6 is 15.9 Å². The van der Waals surface area contributed by atoms with Gasteiger partial charge in [-0.2, -0.15) is 10.2 Å². The molecule has 0 bridgehead atoms. The number of carbonyl (C=O) groups excluding carboxylic acids is 1. The van der Waals surface area contributed by atoms with Crippen LogP contribution < -0.4 is 5.32 Å². The number of carboxylic acids is 1. The summed E-state index contributed by atoms with van der Waals surface area (Å²) in [5.74, 6) is -0.825. The molecule has 2 heterocycles. The summed E-state index contributed by atoms with van der Waals surface area (Å²) < 4.78 is 4.17. The van der Waals surface area contributed by atoms with Gasteiger partial charge in [-0.05, 0) is 17.7 Å². The molecule has 0 fully saturated rings. The number of nitrogens with zero attached hydrogens (tertiary/aromatic N) is 4. The van der Waals surface area contributed by atoms with E-state index in [1.807, 2.05) is 24.3 Å². The lowest BCUT2D eigenvalue weighted by atomic mass is 10.2. The molecule has 0 unspecified atom stereocenters. The minimum Gasteiger partial charge on any atom is -0.481 e. The summed E-state index contributed by atoms with van der Waals surface area (Å²) in [5.41, 5.74) is 1.44. The molecule has 1 amide bonds. The highest BCUT2D eigenvalue weighted by molar-refractivity contribution is 9.10. The third-order valence-electron chi connectivity index (χ3n) is 3.59. The first kappa shape index (κ1) is 17.9. The van der Waals surface area contributed by atoms with Gasteiger partial charge in [0.1, 0.15) is 0 Å². The van der Waals surface area contributed by atoms with Crippen LogP contribution in [0.25, 0.3) is 0 Å². The molecule has 0 radical (unpaired) electrons. The lowest BCUT2D eigenvalue weighted by Crippen LogP contribution is -2.12. The van der Waals surface area contributed by atoms with Gasteiger partial charge in [0.05, 0.1) is 31.3 Å². The summed E-state index contributed by atoms with van der Waals surface area (Å²) in [7, 11) is 0. The van der Waals surface area contributed by atoms with Gasteiger partial charge in [0.2, 0.25) is 0 Å². The highest BCUT2D eigenvalue weighted by Gasteiger charge is 2.11. The molecule has 8 nitrogen and oxygen atoms in total. The Kier molecular flexibility index (Phi) is 5.47. The largest absolute Gasteiger partial charge is 0.481 e. The van der Waals surface area contributed by atoms with Gasteiger partial charge in [0.15, 0.2) is 5.82 Å². The summed E-state index contributed by atoms with van der Waals surface area (Å²) in [4.78, 5) is 22.8. The lowest BCUT2D eigenvalue weighted by molar-refractivity contribution is -0.137. The number of hydrogen-bond donors (Lipinski definition) is 2. The van der Waals surface area contributed by atoms with Gasteiger partial charge in [-0.25, -0.2) is 0 Å². The third-order valence-corrected chi connectivity index (χ3v) is 4.12. The van der Waals surface area contributed by atoms with Crippen molar-refractivity contribution in [2.45, 2.75) is 19.5 Å². The number of halogens is 1. The van der Waals surface area contributed by atoms with E-state index in [4.69, 9.17) is 5.11 Å². The first-order valence-corrected chi connectivity index (χ1v) is 8.62. The number of nitrogens with one attached hydrogen (secondary N) is 1. The minimum atomic E-state index is -0.914. The van der Waals surface area contributed by atoms with Crippen molar-refractivity contribution in [2.24, 2.45) is 0 Å². The number of carboxylic acid groups (broad SMARTS) is 1. The van der Waals surface area contributed by atoms with Crippen LogP contribution in [-0.2, 0) is 17.9 Å². The van der Waals surface area contributed by atoms with Crippen molar-refractivity contribution >= 4 is 33.6 Å². The van der Waals surface area contributed by atoms with E-state index in [1.165, 1.54) is 17.1 Å². The highest BCUT2D eigenvalue weighted by atomic mass is 79.9. The van der Waals surface area contributed by atoms with Crippen LogP contribution in [0, 0.1) is 0 Å². The fraction of sp³-hybridized carbons (Fsp3) is 0.176. The molecule has 0 aliphatic carbocycles. The van der Waals surface area contributed by atoms with Crippen molar-refractivity contribution in [3.05, 3.63) is 64.5 Å². The maximum atomic E-state index is 12.2. The van der Waals surface area contributed by atoms with Gasteiger partial charge in [0.25, 0.3) is 5.91 Å². The van der Waals surface area contributed by atoms with Crippen LogP contribution in [0.3, 0.4) is 0 Å². The highest BCUT2D eigenvalue weighted by Crippen LogP contribution is 2.12. The second-order valence-electron chi connectivity index (χ2n) is 5.61. The first-order chi connectivity index (χ1) is 12.5. The molecule has 26 heavy (non-hydrogen) atoms. The number of carbonyl (C=O) groups is 2. The number of aryl methyl sites for hydroxylation is 1. The zero-order valence-corrected chi connectivity index (χ0v) is 15.3. The zero-order chi connectivity index (χ0) is 18.5. The lowest BCUT2D eigenvalue weighted by Gasteiger charge is -2.02. The van der Waals surface area contributed by atoms with Gasteiger partial charge in [0, 0.05) is 22.9 Å². The number of anilines is 1. The summed E-state index contributed by atoms with van der Waals surface area (Å²) in [6.45, 7) is 0.806. The Morgan fingerprint density at radius 2 is 1.92 bits per heavy atom. The Morgan fingerprint density at radius 3 is 2.65 bits per heavy atom. The third kappa shape index (κ3) is 4.79. The van der Waals surface area contributed by atoms with E-state index in [0.717, 1.165) is 10.0 Å². The number of aromatic nitrogens is 4. The maximum Gasteiger partial charge on any atom is 0.305 e. The smallest absolute Gasteiger partial charge is 0.305 e. The SMILES string of the molecule is O=C(O)CCn1cc(C(=O)Nc2ccn(Cc3ccc(Br)cc3)n2)cn1. The van der Waals surface area contributed by atoms with Gasteiger partial charge >= 0.3 is 5.97 Å². The molecule has 3 rings (SSSR count). The van der Waals surface area contributed by atoms with Gasteiger partial charge in [-0.15, -0.1) is 0 Å². The van der Waals surface area contributed by atoms with E-state index < -0.39 is 5.97 Å². The molecular weight excluding hydrogens is 402 g/mol. The summed E-state index contributed by atoms with van der Waals surface area (Å²) in [5, 5.41) is 19.7. The van der Waals surface area contributed by atoms with Crippen molar-refractivity contribution in [1.82, 2.24) is 19.6 Å². The molecule has 2 N–H and O–H groups in total. The van der Waals surface area contributed by atoms with Crippen molar-refractivity contribution in [1.29, 1.82) is 0 Å². The average molecular weight is 418 g/mol. The topological polar surface area (TPSA) is 102 Å². The van der Waals surface area contributed by atoms with Crippen LogP contribution in [-0.4, -0.2) is 36.5 Å². The van der Waals surface area contributed by atoms with E-state index in [2.05, 4.69) is 31.4 Å². The van der Waals surface area contributed by atoms with Crippen molar-refractivity contribution in [3.8, 4) is 0 Å². The van der Waals surface area contributed by atoms with Crippen LogP contribution in [0.5, 0.6) is 0 Å². The van der Waals surface area contributed by atoms with Crippen LogP contribution in [0.4, 0.5) is 5.82 Å². The van der Waals surface area contributed by atoms with E-state index in [-0.39, 0.29) is 18.9 Å². The number of rotatable bonds is 7. The average Bonchev–Trinajstić information content (AvgIpc) is 3.24. The summed E-state index contributed by atoms with van der Waals surface area (Å²) in [6, 6.07) is 9.63. The maximum absolute atomic E-state index is 12.2. The summed E-state index contributed by atoms with van der Waals surface area (Å²) in [6.07, 6.45) is 4.64. The molecule has 0 atom stereocenters. The van der Waals surface area contributed by atoms with Gasteiger partial charge in [-0.1, -0.05) is 28.1 Å². The van der Waals surface area contributed by atoms with E-state index in [0.29, 0.717) is 17.9 Å². The summed E-state index contributed by atoms with van der Waals surface area (Å²) >= 11 is 3.40. The molecular formula is C17H16BrN5O3. The second kappa shape index (κ2) is 7.96. The molecule has 1 aromatic carbocycles. The quantitative estimate of drug-likeness (QED) is 0.614. The standard InChI is InChI=1S/C17H16BrN5O3/c18-14-3-1-12(2-4-14)10-23-7-5-15(21-23)20-17(26)13-9-19-22(11-13)8-6-16(24)25/h1-5,7,9,11H,6,8,10H2,(H,24,25)(H,20,21,26). The zero-order valence-electron chi connectivity index (χ0n) is 13.7. The molecule has 9 heteroatoms. The fourth-order valence-electron chi connectivity index (χ4n) is 2.30. The van der Waals surface area contributed by atoms with Crippen LogP contribution in [0.15, 0.2) is 53.4 Å². The molecule has 0 aliphatic heterocycles. The monoisotopic (exact) mass is 417 g/mol. The normalized spacial score (nSPS) is 10.7. The van der Waals surface area contributed by atoms with Crippen molar-refractivity contribution < 1.29 is 14.7 Å². The first-order valence-electron chi connectivity index (χ1n) is 7.83. The molecule has 0 saturated carbocycles. The Bertz CT molecular complexity index is 917. The van der Waals surface area contributed by atoms with Gasteiger partial charge < -0.3 is 10.4 Å². The minimum absolute atomic E-state index is 0.0524. The molecule has 134 valence electrons. The molecule has 0 aliphatic rings. The number of hydrogen-bond acceptors (Lipinski definition) is 4. The van der Waals surface area contributed by atoms with Gasteiger partial charge in [-0.3, -0.25) is 19.0 Å². The Balaban J connectivity index is 1.59. The van der Waals surface area contributed by atoms with E-state index in [1.54, 1.807) is 16.9 Å². The fourth-order valence-corrected chi connectivity index (χ4v) is 2.56. The van der Waals surface area contributed by atoms with E-state index in [9.17, 15) is 9.59 Å². The number of amides is 1. The molecule has 3 aromatic rings. The number of benzene rings is 1. The number of aliphatic carboxylic acids is 1. The molecule has 0 saturated heterocycles. The molecule has 2 aromatic heterocycles. The van der Waals surface area contributed by atoms with E-state index >= 15 is 0 Å². The molecule has 0 spiro atoms. The van der Waals surface area contributed by atoms with Crippen LogP contribution in [0.2, 0.25) is 0 Å². The Labute approximate surface area is 157 Å². The predicted octanol–water partition coefficient (Wildman–Crippen LogP) is 2.62. The van der Waals surface area contributed by atoms with Crippen LogP contribution in [0.1, 0.15) is 22.3 Å². The Hall–Kier alpha value is -2.94. The van der Waals surface area contributed by atoms with Crippen molar-refractivity contribution in [3.63, 3.8) is 0 Å². The second-order valence-corrected chi connectivity index (χ2v) is 6.53. The predicted molar refractivity (Wildman–Crippen MR) is 97.9 cm³/mol. The Morgan fingerprint density at radius 1 is 1.15 bits per heavy atom.